The minimum atomic E-state index is -0.169. The molecule has 1 aromatic heterocycles. The molecule has 1 aliphatic rings. The van der Waals surface area contributed by atoms with Gasteiger partial charge in [-0.25, -0.2) is 0 Å². The third-order valence-electron chi connectivity index (χ3n) is 4.78. The van der Waals surface area contributed by atoms with Crippen LogP contribution in [0.25, 0.3) is 11.0 Å². The topological polar surface area (TPSA) is 77.5 Å². The molecule has 1 aromatic carbocycles. The van der Waals surface area contributed by atoms with E-state index < -0.39 is 0 Å². The van der Waals surface area contributed by atoms with Gasteiger partial charge in [-0.1, -0.05) is 0 Å². The van der Waals surface area contributed by atoms with E-state index >= 15 is 0 Å². The molecule has 124 valence electrons. The minimum Gasteiger partial charge on any atom is -0.497 e. The van der Waals surface area contributed by atoms with Gasteiger partial charge in [-0.2, -0.15) is 0 Å². The number of rotatable bonds is 4. The smallest absolute Gasteiger partial charge is 0.223 e. The number of furan rings is 1. The maximum Gasteiger partial charge on any atom is 0.223 e. The van der Waals surface area contributed by atoms with E-state index in [9.17, 15) is 4.79 Å². The van der Waals surface area contributed by atoms with Gasteiger partial charge in [0.25, 0.3) is 0 Å². The predicted molar refractivity (Wildman–Crippen MR) is 89.4 cm³/mol. The minimum absolute atomic E-state index is 0.0252. The molecule has 1 saturated carbocycles. The van der Waals surface area contributed by atoms with Crippen LogP contribution in [0.3, 0.4) is 0 Å². The van der Waals surface area contributed by atoms with Gasteiger partial charge in [-0.15, -0.1) is 0 Å². The first kappa shape index (κ1) is 15.9. The van der Waals surface area contributed by atoms with Crippen LogP contribution in [0.1, 0.15) is 43.6 Å². The van der Waals surface area contributed by atoms with Crippen molar-refractivity contribution in [2.75, 3.05) is 7.11 Å². The van der Waals surface area contributed by atoms with Gasteiger partial charge in [0.05, 0.1) is 13.2 Å². The van der Waals surface area contributed by atoms with Crippen LogP contribution < -0.4 is 15.8 Å². The zero-order valence-electron chi connectivity index (χ0n) is 13.9. The van der Waals surface area contributed by atoms with Crippen molar-refractivity contribution in [3.05, 3.63) is 29.5 Å². The zero-order valence-corrected chi connectivity index (χ0v) is 13.9. The van der Waals surface area contributed by atoms with Gasteiger partial charge < -0.3 is 20.2 Å². The lowest BCUT2D eigenvalue weighted by Gasteiger charge is -2.16. The molecular weight excluding hydrogens is 292 g/mol. The summed E-state index contributed by atoms with van der Waals surface area (Å²) in [5, 5.41) is 4.09. The molecule has 0 spiro atoms. The van der Waals surface area contributed by atoms with Crippen molar-refractivity contribution in [3.63, 3.8) is 0 Å². The molecule has 0 aliphatic heterocycles. The average molecular weight is 316 g/mol. The number of nitrogens with one attached hydrogen (secondary N) is 1. The fraction of sp³-hybridized carbons (Fsp3) is 0.500. The number of ether oxygens (including phenoxy) is 1. The number of hydrogen-bond donors (Lipinski definition) is 2. The number of carbonyl (C=O) groups is 1. The lowest BCUT2D eigenvalue weighted by molar-refractivity contribution is -0.125. The van der Waals surface area contributed by atoms with Crippen molar-refractivity contribution in [2.45, 2.75) is 45.2 Å². The van der Waals surface area contributed by atoms with E-state index in [1.807, 2.05) is 32.0 Å². The first-order valence-electron chi connectivity index (χ1n) is 8.12. The molecule has 23 heavy (non-hydrogen) atoms. The van der Waals surface area contributed by atoms with E-state index in [4.69, 9.17) is 14.9 Å². The molecule has 3 atom stereocenters. The number of aryl methyl sites for hydroxylation is 1. The highest BCUT2D eigenvalue weighted by Crippen LogP contribution is 2.32. The highest BCUT2D eigenvalue weighted by atomic mass is 16.5. The lowest BCUT2D eigenvalue weighted by atomic mass is 10.0. The second-order valence-electron chi connectivity index (χ2n) is 6.45. The highest BCUT2D eigenvalue weighted by molar-refractivity contribution is 5.84. The van der Waals surface area contributed by atoms with Crippen LogP contribution in [0.15, 0.2) is 22.6 Å². The Balaban J connectivity index is 1.79. The van der Waals surface area contributed by atoms with Gasteiger partial charge in [0.2, 0.25) is 5.91 Å². The number of carbonyl (C=O) groups excluding carboxylic acids is 1. The molecule has 1 aliphatic carbocycles. The van der Waals surface area contributed by atoms with Crippen molar-refractivity contribution >= 4 is 16.9 Å². The van der Waals surface area contributed by atoms with Crippen LogP contribution in [0.4, 0.5) is 0 Å². The Morgan fingerprint density at radius 2 is 2.22 bits per heavy atom. The molecule has 2 aromatic rings. The molecule has 1 heterocycles. The summed E-state index contributed by atoms with van der Waals surface area (Å²) in [5.74, 6) is 1.69. The standard InChI is InChI=1S/C18H24N2O3/c1-10-15-9-14(22-3)6-7-16(15)23-17(10)11(2)20-18(21)12-4-5-13(19)8-12/h6-7,9,11-13H,4-5,8,19H2,1-3H3,(H,20,21). The van der Waals surface area contributed by atoms with Crippen molar-refractivity contribution in [1.29, 1.82) is 0 Å². The molecule has 3 unspecified atom stereocenters. The van der Waals surface area contributed by atoms with E-state index in [0.29, 0.717) is 0 Å². The number of amides is 1. The summed E-state index contributed by atoms with van der Waals surface area (Å²) >= 11 is 0. The maximum absolute atomic E-state index is 12.4. The molecule has 0 radical (unpaired) electrons. The van der Waals surface area contributed by atoms with Gasteiger partial charge in [0, 0.05) is 22.9 Å². The summed E-state index contributed by atoms with van der Waals surface area (Å²) in [4.78, 5) is 12.4. The number of hydrogen-bond acceptors (Lipinski definition) is 4. The van der Waals surface area contributed by atoms with Gasteiger partial charge in [-0.05, 0) is 51.3 Å². The van der Waals surface area contributed by atoms with E-state index in [0.717, 1.165) is 47.3 Å². The molecule has 5 nitrogen and oxygen atoms in total. The maximum atomic E-state index is 12.4. The van der Waals surface area contributed by atoms with Crippen LogP contribution in [0, 0.1) is 12.8 Å². The van der Waals surface area contributed by atoms with Crippen LogP contribution in [0.5, 0.6) is 5.75 Å². The molecule has 1 amide bonds. The monoisotopic (exact) mass is 316 g/mol. The Morgan fingerprint density at radius 1 is 1.43 bits per heavy atom. The summed E-state index contributed by atoms with van der Waals surface area (Å²) in [6.07, 6.45) is 2.57. The van der Waals surface area contributed by atoms with Gasteiger partial charge in [0.1, 0.15) is 17.1 Å². The molecule has 3 N–H and O–H groups in total. The Morgan fingerprint density at radius 3 is 2.87 bits per heavy atom. The van der Waals surface area contributed by atoms with Gasteiger partial charge >= 0.3 is 0 Å². The van der Waals surface area contributed by atoms with Crippen molar-refractivity contribution in [2.24, 2.45) is 11.7 Å². The summed E-state index contributed by atoms with van der Waals surface area (Å²) in [7, 11) is 1.65. The van der Waals surface area contributed by atoms with Gasteiger partial charge in [-0.3, -0.25) is 4.79 Å². The first-order valence-corrected chi connectivity index (χ1v) is 8.12. The second kappa shape index (κ2) is 6.24. The van der Waals surface area contributed by atoms with Gasteiger partial charge in [0.15, 0.2) is 0 Å². The molecule has 3 rings (SSSR count). The van der Waals surface area contributed by atoms with E-state index in [2.05, 4.69) is 5.32 Å². The van der Waals surface area contributed by atoms with E-state index in [-0.39, 0.29) is 23.9 Å². The SMILES string of the molecule is COc1ccc2oc(C(C)NC(=O)C3CCC(N)C3)c(C)c2c1. The average Bonchev–Trinajstić information content (AvgIpc) is 3.11. The van der Waals surface area contributed by atoms with Crippen LogP contribution in [-0.4, -0.2) is 19.1 Å². The summed E-state index contributed by atoms with van der Waals surface area (Å²) in [6, 6.07) is 5.72. The van der Waals surface area contributed by atoms with E-state index in [1.54, 1.807) is 7.11 Å². The summed E-state index contributed by atoms with van der Waals surface area (Å²) in [6.45, 7) is 3.96. The largest absolute Gasteiger partial charge is 0.497 e. The van der Waals surface area contributed by atoms with Crippen molar-refractivity contribution < 1.29 is 13.9 Å². The molecule has 1 fully saturated rings. The fourth-order valence-electron chi connectivity index (χ4n) is 3.41. The second-order valence-corrected chi connectivity index (χ2v) is 6.45. The Bertz CT molecular complexity index is 722. The molecule has 0 bridgehead atoms. The third kappa shape index (κ3) is 3.06. The number of nitrogens with two attached hydrogens (primary N) is 1. The summed E-state index contributed by atoms with van der Waals surface area (Å²) < 4.78 is 11.2. The van der Waals surface area contributed by atoms with Crippen LogP contribution >= 0.6 is 0 Å². The first-order chi connectivity index (χ1) is 11.0. The Kier molecular flexibility index (Phi) is 4.31. The number of methoxy groups -OCH3 is 1. The molecule has 5 heteroatoms. The zero-order chi connectivity index (χ0) is 16.6. The third-order valence-corrected chi connectivity index (χ3v) is 4.78. The molecular formula is C18H24N2O3. The highest BCUT2D eigenvalue weighted by Gasteiger charge is 2.29. The van der Waals surface area contributed by atoms with Crippen LogP contribution in [-0.2, 0) is 4.79 Å². The van der Waals surface area contributed by atoms with E-state index in [1.165, 1.54) is 0 Å². The van der Waals surface area contributed by atoms with Crippen LogP contribution in [0.2, 0.25) is 0 Å². The number of benzene rings is 1. The molecule has 0 saturated heterocycles. The normalized spacial score (nSPS) is 22.3. The summed E-state index contributed by atoms with van der Waals surface area (Å²) in [5.41, 5.74) is 7.74. The Labute approximate surface area is 136 Å². The van der Waals surface area contributed by atoms with Crippen molar-refractivity contribution in [1.82, 2.24) is 5.32 Å². The Hall–Kier alpha value is -2.01. The lowest BCUT2D eigenvalue weighted by Crippen LogP contribution is -2.32. The predicted octanol–water partition coefficient (Wildman–Crippen LogP) is 3.05. The fourth-order valence-corrected chi connectivity index (χ4v) is 3.41. The number of fused-ring (bicyclic) bond motifs is 1. The van der Waals surface area contributed by atoms with Crippen molar-refractivity contribution in [3.8, 4) is 5.75 Å². The quantitative estimate of drug-likeness (QED) is 0.909.